The van der Waals surface area contributed by atoms with Crippen LogP contribution in [0.2, 0.25) is 0 Å². The number of anilines is 5. The van der Waals surface area contributed by atoms with Gasteiger partial charge >= 0.3 is 0 Å². The number of non-ortho nitro benzene ring substituents is 1. The molecule has 11 heteroatoms. The van der Waals surface area contributed by atoms with Crippen LogP contribution >= 0.6 is 15.9 Å². The van der Waals surface area contributed by atoms with Crippen LogP contribution in [-0.4, -0.2) is 26.1 Å². The number of aromatic nitrogens is 3. The fraction of sp³-hybridized carbons (Fsp3) is 0.0833. The molecule has 1 aromatic heterocycles. The van der Waals surface area contributed by atoms with Crippen LogP contribution in [0.5, 0.6) is 0 Å². The largest absolute Gasteiger partial charge is 0.324 e. The number of rotatable bonds is 8. The predicted molar refractivity (Wildman–Crippen MR) is 141 cm³/mol. The van der Waals surface area contributed by atoms with Crippen molar-refractivity contribution in [3.63, 3.8) is 0 Å². The molecular weight excluding hydrogens is 512 g/mol. The molecule has 10 nitrogen and oxygen atoms in total. The molecule has 0 bridgehead atoms. The van der Waals surface area contributed by atoms with Crippen molar-refractivity contribution < 1.29 is 4.92 Å². The van der Waals surface area contributed by atoms with Crippen molar-refractivity contribution in [1.82, 2.24) is 15.0 Å². The number of hydrazone groups is 1. The highest BCUT2D eigenvalue weighted by atomic mass is 79.9. The van der Waals surface area contributed by atoms with Crippen LogP contribution in [0.3, 0.4) is 0 Å². The van der Waals surface area contributed by atoms with E-state index < -0.39 is 4.92 Å². The fourth-order valence-electron chi connectivity index (χ4n) is 2.99. The first-order valence-electron chi connectivity index (χ1n) is 10.5. The molecule has 3 N–H and O–H groups in total. The van der Waals surface area contributed by atoms with Gasteiger partial charge in [0.15, 0.2) is 0 Å². The number of nitro groups is 1. The monoisotopic (exact) mass is 532 g/mol. The summed E-state index contributed by atoms with van der Waals surface area (Å²) in [4.78, 5) is 23.7. The lowest BCUT2D eigenvalue weighted by atomic mass is 10.1. The third kappa shape index (κ3) is 6.58. The van der Waals surface area contributed by atoms with Gasteiger partial charge in [-0.3, -0.25) is 10.1 Å². The Morgan fingerprint density at radius 3 is 2.06 bits per heavy atom. The molecule has 0 atom stereocenters. The molecule has 0 unspecified atom stereocenters. The van der Waals surface area contributed by atoms with Gasteiger partial charge in [-0.15, -0.1) is 0 Å². The lowest BCUT2D eigenvalue weighted by molar-refractivity contribution is -0.384. The molecule has 0 amide bonds. The van der Waals surface area contributed by atoms with E-state index in [0.717, 1.165) is 21.3 Å². The average Bonchev–Trinajstić information content (AvgIpc) is 2.83. The summed E-state index contributed by atoms with van der Waals surface area (Å²) in [5.41, 5.74) is 7.44. The molecule has 0 saturated heterocycles. The highest BCUT2D eigenvalue weighted by molar-refractivity contribution is 9.10. The Balaban J connectivity index is 1.59. The zero-order chi connectivity index (χ0) is 24.8. The third-order valence-corrected chi connectivity index (χ3v) is 5.51. The topological polar surface area (TPSA) is 130 Å². The van der Waals surface area contributed by atoms with Gasteiger partial charge in [-0.05, 0) is 66.9 Å². The van der Waals surface area contributed by atoms with E-state index in [-0.39, 0.29) is 17.6 Å². The summed E-state index contributed by atoms with van der Waals surface area (Å²) in [5, 5.41) is 21.4. The normalized spacial score (nSPS) is 10.8. The zero-order valence-electron chi connectivity index (χ0n) is 18.9. The van der Waals surface area contributed by atoms with Crippen molar-refractivity contribution in [2.24, 2.45) is 5.10 Å². The molecular formula is C24H21BrN8O2. The molecule has 35 heavy (non-hydrogen) atoms. The Kier molecular flexibility index (Phi) is 7.27. The van der Waals surface area contributed by atoms with E-state index in [1.807, 2.05) is 56.3 Å². The molecule has 0 aliphatic rings. The van der Waals surface area contributed by atoms with E-state index in [0.29, 0.717) is 11.6 Å². The van der Waals surface area contributed by atoms with Crippen molar-refractivity contribution in [3.8, 4) is 0 Å². The fourth-order valence-corrected chi connectivity index (χ4v) is 3.26. The zero-order valence-corrected chi connectivity index (χ0v) is 20.4. The van der Waals surface area contributed by atoms with Crippen molar-refractivity contribution >= 4 is 57.1 Å². The molecule has 0 aliphatic carbocycles. The van der Waals surface area contributed by atoms with Gasteiger partial charge in [0.25, 0.3) is 5.69 Å². The van der Waals surface area contributed by atoms with E-state index >= 15 is 0 Å². The van der Waals surface area contributed by atoms with Crippen LogP contribution < -0.4 is 16.1 Å². The van der Waals surface area contributed by atoms with E-state index in [1.54, 1.807) is 18.3 Å². The predicted octanol–water partition coefficient (Wildman–Crippen LogP) is 6.09. The molecule has 0 aliphatic heterocycles. The first kappa shape index (κ1) is 23.8. The quantitative estimate of drug-likeness (QED) is 0.141. The van der Waals surface area contributed by atoms with E-state index in [2.05, 4.69) is 52.0 Å². The Morgan fingerprint density at radius 2 is 1.43 bits per heavy atom. The summed E-state index contributed by atoms with van der Waals surface area (Å²) in [6, 6.07) is 19.6. The van der Waals surface area contributed by atoms with Crippen LogP contribution in [0.1, 0.15) is 16.7 Å². The third-order valence-electron chi connectivity index (χ3n) is 4.98. The minimum Gasteiger partial charge on any atom is -0.324 e. The molecule has 0 fully saturated rings. The van der Waals surface area contributed by atoms with Gasteiger partial charge in [0, 0.05) is 28.0 Å². The van der Waals surface area contributed by atoms with Gasteiger partial charge in [-0.1, -0.05) is 34.1 Å². The molecule has 4 rings (SSSR count). The molecule has 0 spiro atoms. The second-order valence-electron chi connectivity index (χ2n) is 7.58. The van der Waals surface area contributed by atoms with Crippen molar-refractivity contribution in [2.75, 3.05) is 16.1 Å². The van der Waals surface area contributed by atoms with Crippen LogP contribution in [0.15, 0.2) is 76.3 Å². The van der Waals surface area contributed by atoms with Crippen molar-refractivity contribution in [2.45, 2.75) is 13.8 Å². The molecule has 0 saturated carbocycles. The Bertz CT molecular complexity index is 1380. The highest BCUT2D eigenvalue weighted by Gasteiger charge is 2.10. The van der Waals surface area contributed by atoms with Gasteiger partial charge in [0.1, 0.15) is 0 Å². The first-order chi connectivity index (χ1) is 16.9. The first-order valence-corrected chi connectivity index (χ1v) is 11.3. The molecule has 3 aromatic carbocycles. The number of hydrogen-bond acceptors (Lipinski definition) is 9. The minimum atomic E-state index is -0.455. The average molecular weight is 533 g/mol. The summed E-state index contributed by atoms with van der Waals surface area (Å²) in [5.74, 6) is 0.750. The van der Waals surface area contributed by atoms with E-state index in [4.69, 9.17) is 0 Å². The number of benzene rings is 3. The summed E-state index contributed by atoms with van der Waals surface area (Å²) >= 11 is 3.41. The Morgan fingerprint density at radius 1 is 0.829 bits per heavy atom. The Labute approximate surface area is 209 Å². The Hall–Kier alpha value is -4.38. The smallest absolute Gasteiger partial charge is 0.269 e. The number of nitro benzene ring substituents is 1. The summed E-state index contributed by atoms with van der Waals surface area (Å²) in [6.45, 7) is 4.07. The number of aryl methyl sites for hydroxylation is 2. The van der Waals surface area contributed by atoms with Crippen LogP contribution in [0, 0.1) is 24.0 Å². The number of hydrogen-bond donors (Lipinski definition) is 3. The lowest BCUT2D eigenvalue weighted by Crippen LogP contribution is -2.07. The summed E-state index contributed by atoms with van der Waals surface area (Å²) < 4.78 is 0.976. The highest BCUT2D eigenvalue weighted by Crippen LogP contribution is 2.22. The molecule has 4 aromatic rings. The second-order valence-corrected chi connectivity index (χ2v) is 8.50. The molecule has 1 heterocycles. The minimum absolute atomic E-state index is 0.00655. The summed E-state index contributed by atoms with van der Waals surface area (Å²) in [6.07, 6.45) is 1.65. The van der Waals surface area contributed by atoms with Crippen LogP contribution in [-0.2, 0) is 0 Å². The van der Waals surface area contributed by atoms with Gasteiger partial charge in [-0.25, -0.2) is 5.43 Å². The number of nitrogens with zero attached hydrogens (tertiary/aromatic N) is 5. The van der Waals surface area contributed by atoms with Gasteiger partial charge in [-0.2, -0.15) is 20.1 Å². The maximum absolute atomic E-state index is 10.9. The van der Waals surface area contributed by atoms with E-state index in [1.165, 1.54) is 17.7 Å². The number of halogens is 1. The maximum atomic E-state index is 10.9. The van der Waals surface area contributed by atoms with Gasteiger partial charge in [0.05, 0.1) is 11.1 Å². The van der Waals surface area contributed by atoms with Crippen LogP contribution in [0.4, 0.5) is 34.9 Å². The second kappa shape index (κ2) is 10.7. The lowest BCUT2D eigenvalue weighted by Gasteiger charge is -2.11. The molecule has 0 radical (unpaired) electrons. The van der Waals surface area contributed by atoms with Crippen molar-refractivity contribution in [3.05, 3.63) is 98.0 Å². The van der Waals surface area contributed by atoms with Gasteiger partial charge in [0.2, 0.25) is 17.8 Å². The van der Waals surface area contributed by atoms with Crippen LogP contribution in [0.25, 0.3) is 0 Å². The standard InChI is InChI=1S/C24H21BrN8O2/c1-15-3-8-20(13-16(15)2)28-23-29-22(27-19-9-11-21(12-10-19)33(34)35)30-24(31-23)32-26-14-17-4-6-18(25)7-5-17/h3-14H,1-2H3,(H3,27,28,29,30,31,32)/b26-14-. The SMILES string of the molecule is Cc1ccc(Nc2nc(N/N=C\c3ccc(Br)cc3)nc(Nc3ccc([N+](=O)[O-])cc3)n2)cc1C. The van der Waals surface area contributed by atoms with E-state index in [9.17, 15) is 10.1 Å². The van der Waals surface area contributed by atoms with Crippen molar-refractivity contribution in [1.29, 1.82) is 0 Å². The van der Waals surface area contributed by atoms with Gasteiger partial charge < -0.3 is 10.6 Å². The summed E-state index contributed by atoms with van der Waals surface area (Å²) in [7, 11) is 0. The number of nitrogens with one attached hydrogen (secondary N) is 3. The molecule has 176 valence electrons. The maximum Gasteiger partial charge on any atom is 0.269 e.